The number of Topliss-reactive ketones (excluding diaryl/α,β-unsaturated/α-hetero) is 1. The molecule has 1 aliphatic rings. The number of benzene rings is 1. The molecule has 0 radical (unpaired) electrons. The highest BCUT2D eigenvalue weighted by Crippen LogP contribution is 2.28. The summed E-state index contributed by atoms with van der Waals surface area (Å²) >= 11 is 5.78. The number of nitrogens with one attached hydrogen (secondary N) is 1. The first-order chi connectivity index (χ1) is 9.06. The molecule has 0 saturated heterocycles. The number of aliphatic imine (C=N–C) groups is 1. The summed E-state index contributed by atoms with van der Waals surface area (Å²) in [5, 5.41) is 13.3. The topological polar surface area (TPSA) is 61.7 Å². The van der Waals surface area contributed by atoms with Crippen LogP contribution in [-0.4, -0.2) is 16.7 Å². The zero-order valence-electron chi connectivity index (χ0n) is 10.6. The summed E-state index contributed by atoms with van der Waals surface area (Å²) in [7, 11) is 0. The molecule has 0 aromatic heterocycles. The van der Waals surface area contributed by atoms with Crippen LogP contribution in [0.3, 0.4) is 0 Å². The summed E-state index contributed by atoms with van der Waals surface area (Å²) in [4.78, 5) is 15.5. The second kappa shape index (κ2) is 5.89. The Labute approximate surface area is 116 Å². The number of ketones is 1. The normalized spacial score (nSPS) is 18.0. The van der Waals surface area contributed by atoms with E-state index in [9.17, 15) is 9.90 Å². The highest BCUT2D eigenvalue weighted by molar-refractivity contribution is 6.30. The molecule has 2 N–H and O–H groups in total. The van der Waals surface area contributed by atoms with Gasteiger partial charge in [-0.2, -0.15) is 0 Å². The van der Waals surface area contributed by atoms with E-state index < -0.39 is 0 Å². The molecule has 0 bridgehead atoms. The molecule has 2 rings (SSSR count). The molecule has 1 unspecified atom stereocenters. The first-order valence-electron chi connectivity index (χ1n) is 6.04. The lowest BCUT2D eigenvalue weighted by Crippen LogP contribution is -2.26. The van der Waals surface area contributed by atoms with Crippen LogP contribution in [0.25, 0.3) is 0 Å². The second-order valence-electron chi connectivity index (χ2n) is 4.52. The van der Waals surface area contributed by atoms with Gasteiger partial charge in [-0.3, -0.25) is 0 Å². The second-order valence-corrected chi connectivity index (χ2v) is 4.96. The highest BCUT2D eigenvalue weighted by atomic mass is 35.5. The summed E-state index contributed by atoms with van der Waals surface area (Å²) in [6.45, 7) is 1.57. The Bertz CT molecular complexity index is 552. The van der Waals surface area contributed by atoms with Crippen LogP contribution < -0.4 is 5.32 Å². The van der Waals surface area contributed by atoms with Crippen molar-refractivity contribution in [2.24, 2.45) is 10.9 Å². The van der Waals surface area contributed by atoms with E-state index in [1.165, 1.54) is 6.07 Å². The maximum Gasteiger partial charge on any atom is 0.140 e. The van der Waals surface area contributed by atoms with Gasteiger partial charge in [0.15, 0.2) is 0 Å². The number of hydrogen-bond donors (Lipinski definition) is 2. The number of halogens is 1. The smallest absolute Gasteiger partial charge is 0.140 e. The third kappa shape index (κ3) is 3.58. The molecular weight excluding hydrogens is 264 g/mol. The average molecular weight is 279 g/mol. The zero-order chi connectivity index (χ0) is 13.8. The van der Waals surface area contributed by atoms with Crippen molar-refractivity contribution in [3.05, 3.63) is 35.5 Å². The van der Waals surface area contributed by atoms with Crippen LogP contribution in [0.4, 0.5) is 5.69 Å². The Hall–Kier alpha value is -1.81. The fraction of sp³-hybridized carbons (Fsp3) is 0.286. The Morgan fingerprint density at radius 2 is 2.37 bits per heavy atom. The average Bonchev–Trinajstić information content (AvgIpc) is 2.34. The number of nitrogens with zero attached hydrogens (tertiary/aromatic N) is 1. The van der Waals surface area contributed by atoms with Crippen LogP contribution in [0.15, 0.2) is 35.5 Å². The lowest BCUT2D eigenvalue weighted by molar-refractivity contribution is -0.117. The quantitative estimate of drug-likeness (QED) is 0.833. The van der Waals surface area contributed by atoms with Crippen LogP contribution in [-0.2, 0) is 4.79 Å². The molecule has 1 aliphatic heterocycles. The van der Waals surface area contributed by atoms with Crippen LogP contribution in [0.2, 0.25) is 5.02 Å². The number of amidine groups is 1. The summed E-state index contributed by atoms with van der Waals surface area (Å²) in [6.07, 6.45) is 4.83. The summed E-state index contributed by atoms with van der Waals surface area (Å²) in [5.41, 5.74) is 0.534. The minimum Gasteiger partial charge on any atom is -0.506 e. The first-order valence-corrected chi connectivity index (χ1v) is 6.41. The van der Waals surface area contributed by atoms with Gasteiger partial charge in [-0.05, 0) is 25.5 Å². The monoisotopic (exact) mass is 278 g/mol. The van der Waals surface area contributed by atoms with E-state index in [0.29, 0.717) is 23.0 Å². The van der Waals surface area contributed by atoms with Crippen molar-refractivity contribution in [3.63, 3.8) is 0 Å². The molecule has 0 spiro atoms. The van der Waals surface area contributed by atoms with Crippen LogP contribution in [0.1, 0.15) is 19.8 Å². The van der Waals surface area contributed by atoms with Gasteiger partial charge in [-0.1, -0.05) is 17.7 Å². The molecule has 1 atom stereocenters. The van der Waals surface area contributed by atoms with E-state index in [2.05, 4.69) is 10.3 Å². The lowest BCUT2D eigenvalue weighted by Gasteiger charge is -2.21. The third-order valence-electron chi connectivity index (χ3n) is 2.88. The Balaban J connectivity index is 2.17. The first kappa shape index (κ1) is 13.6. The molecule has 1 aromatic carbocycles. The molecule has 0 aliphatic carbocycles. The van der Waals surface area contributed by atoms with Crippen molar-refractivity contribution in [1.82, 2.24) is 0 Å². The van der Waals surface area contributed by atoms with E-state index in [1.54, 1.807) is 25.3 Å². The SMILES string of the molecule is CC(=O)CC1CC=CN=C1Nc1ccc(Cl)cc1O. The number of carbonyl (C=O) groups is 1. The van der Waals surface area contributed by atoms with Crippen LogP contribution in [0, 0.1) is 5.92 Å². The van der Waals surface area contributed by atoms with E-state index in [-0.39, 0.29) is 17.5 Å². The molecule has 0 fully saturated rings. The molecule has 1 aromatic rings. The largest absolute Gasteiger partial charge is 0.506 e. The van der Waals surface area contributed by atoms with Crippen molar-refractivity contribution >= 4 is 28.9 Å². The van der Waals surface area contributed by atoms with E-state index in [4.69, 9.17) is 11.6 Å². The maximum atomic E-state index is 11.2. The molecule has 19 heavy (non-hydrogen) atoms. The molecule has 5 heteroatoms. The van der Waals surface area contributed by atoms with E-state index >= 15 is 0 Å². The predicted octanol–water partition coefficient (Wildman–Crippen LogP) is 3.37. The van der Waals surface area contributed by atoms with Gasteiger partial charge in [0, 0.05) is 29.6 Å². The Morgan fingerprint density at radius 3 is 3.05 bits per heavy atom. The molecule has 1 heterocycles. The van der Waals surface area contributed by atoms with Gasteiger partial charge < -0.3 is 15.2 Å². The summed E-state index contributed by atoms with van der Waals surface area (Å²) in [6, 6.07) is 4.83. The fourth-order valence-corrected chi connectivity index (χ4v) is 2.15. The minimum absolute atomic E-state index is 0.0255. The number of aromatic hydroxyl groups is 1. The number of phenolic OH excluding ortho intramolecular Hbond substituents is 1. The van der Waals surface area contributed by atoms with Crippen molar-refractivity contribution < 1.29 is 9.90 Å². The molecule has 4 nitrogen and oxygen atoms in total. The third-order valence-corrected chi connectivity index (χ3v) is 3.12. The number of hydrogen-bond acceptors (Lipinski definition) is 4. The predicted molar refractivity (Wildman–Crippen MR) is 76.7 cm³/mol. The Kier molecular flexibility index (Phi) is 4.22. The van der Waals surface area contributed by atoms with Crippen LogP contribution in [0.5, 0.6) is 5.75 Å². The van der Waals surface area contributed by atoms with Crippen molar-refractivity contribution in [2.75, 3.05) is 5.32 Å². The number of anilines is 1. The number of rotatable bonds is 3. The molecule has 100 valence electrons. The van der Waals surface area contributed by atoms with Crippen molar-refractivity contribution in [3.8, 4) is 5.75 Å². The number of phenols is 1. The van der Waals surface area contributed by atoms with Crippen molar-refractivity contribution in [1.29, 1.82) is 0 Å². The number of carbonyl (C=O) groups excluding carboxylic acids is 1. The number of allylic oxidation sites excluding steroid dienone is 1. The van der Waals surface area contributed by atoms with E-state index in [1.807, 2.05) is 6.08 Å². The minimum atomic E-state index is 0.0255. The lowest BCUT2D eigenvalue weighted by atomic mass is 9.96. The molecule has 0 amide bonds. The van der Waals surface area contributed by atoms with Crippen LogP contribution >= 0.6 is 11.6 Å². The molecule has 0 saturated carbocycles. The maximum absolute atomic E-state index is 11.2. The van der Waals surface area contributed by atoms with Gasteiger partial charge in [0.05, 0.1) is 5.69 Å². The highest BCUT2D eigenvalue weighted by Gasteiger charge is 2.20. The van der Waals surface area contributed by atoms with E-state index in [0.717, 1.165) is 6.42 Å². The Morgan fingerprint density at radius 1 is 1.58 bits per heavy atom. The van der Waals surface area contributed by atoms with Gasteiger partial charge in [-0.15, -0.1) is 0 Å². The van der Waals surface area contributed by atoms with Gasteiger partial charge in [0.25, 0.3) is 0 Å². The van der Waals surface area contributed by atoms with Crippen molar-refractivity contribution in [2.45, 2.75) is 19.8 Å². The fourth-order valence-electron chi connectivity index (χ4n) is 1.98. The van der Waals surface area contributed by atoms with Gasteiger partial charge in [0.1, 0.15) is 17.4 Å². The van der Waals surface area contributed by atoms with Gasteiger partial charge >= 0.3 is 0 Å². The molecular formula is C14H15ClN2O2. The van der Waals surface area contributed by atoms with Gasteiger partial charge in [-0.25, -0.2) is 4.99 Å². The zero-order valence-corrected chi connectivity index (χ0v) is 11.3. The standard InChI is InChI=1S/C14H15ClN2O2/c1-9(18)7-10-3-2-6-16-14(10)17-12-5-4-11(15)8-13(12)19/h2,4-6,8,10,19H,3,7H2,1H3,(H,16,17). The summed E-state index contributed by atoms with van der Waals surface area (Å²) in [5.74, 6) is 0.898. The van der Waals surface area contributed by atoms with Gasteiger partial charge in [0.2, 0.25) is 0 Å². The summed E-state index contributed by atoms with van der Waals surface area (Å²) < 4.78 is 0.